The zero-order valence-electron chi connectivity index (χ0n) is 7.56. The molecule has 1 N–H and O–H groups in total. The van der Waals surface area contributed by atoms with Gasteiger partial charge in [-0.05, 0) is 30.7 Å². The van der Waals surface area contributed by atoms with Gasteiger partial charge < -0.3 is 10.1 Å². The lowest BCUT2D eigenvalue weighted by atomic mass is 10.0. The van der Waals surface area contributed by atoms with Crippen molar-refractivity contribution in [3.8, 4) is 5.75 Å². The molecule has 3 heteroatoms. The van der Waals surface area contributed by atoms with Crippen molar-refractivity contribution in [2.24, 2.45) is 0 Å². The molecule has 1 aromatic carbocycles. The Kier molecular flexibility index (Phi) is 2.42. The topological polar surface area (TPSA) is 21.3 Å². The number of benzene rings is 1. The molecule has 1 heterocycles. The normalized spacial score (nSPS) is 15.2. The first-order valence-electron chi connectivity index (χ1n) is 4.38. The van der Waals surface area contributed by atoms with Crippen LogP contribution in [0.5, 0.6) is 5.75 Å². The first-order chi connectivity index (χ1) is 6.33. The third-order valence-corrected chi connectivity index (χ3v) is 2.76. The van der Waals surface area contributed by atoms with Crippen molar-refractivity contribution in [3.05, 3.63) is 28.3 Å². The summed E-state index contributed by atoms with van der Waals surface area (Å²) in [5.74, 6) is 0.937. The Morgan fingerprint density at radius 3 is 3.00 bits per heavy atom. The first-order valence-corrected chi connectivity index (χ1v) is 4.75. The standard InChI is InChI=1S/C10H12ClNO/c1-13-10-3-2-9(11)7-4-5-12-6-8(7)10/h2-3,12H,4-6H2,1H3. The average Bonchev–Trinajstić information content (AvgIpc) is 2.19. The average molecular weight is 198 g/mol. The van der Waals surface area contributed by atoms with Crippen molar-refractivity contribution in [3.63, 3.8) is 0 Å². The van der Waals surface area contributed by atoms with E-state index in [-0.39, 0.29) is 0 Å². The minimum absolute atomic E-state index is 0.859. The monoisotopic (exact) mass is 197 g/mol. The van der Waals surface area contributed by atoms with E-state index in [4.69, 9.17) is 16.3 Å². The summed E-state index contributed by atoms with van der Waals surface area (Å²) in [7, 11) is 1.69. The molecule has 2 nitrogen and oxygen atoms in total. The van der Waals surface area contributed by atoms with E-state index in [0.29, 0.717) is 0 Å². The third-order valence-electron chi connectivity index (χ3n) is 2.40. The summed E-state index contributed by atoms with van der Waals surface area (Å²) in [5.41, 5.74) is 2.45. The molecule has 0 saturated carbocycles. The van der Waals surface area contributed by atoms with Gasteiger partial charge in [0, 0.05) is 17.1 Å². The van der Waals surface area contributed by atoms with Gasteiger partial charge in [-0.15, -0.1) is 0 Å². The largest absolute Gasteiger partial charge is 0.496 e. The van der Waals surface area contributed by atoms with Gasteiger partial charge in [0.15, 0.2) is 0 Å². The molecule has 13 heavy (non-hydrogen) atoms. The Labute approximate surface area is 82.9 Å². The molecule has 0 saturated heterocycles. The summed E-state index contributed by atoms with van der Waals surface area (Å²) < 4.78 is 5.27. The molecular weight excluding hydrogens is 186 g/mol. The Balaban J connectivity index is 2.52. The maximum atomic E-state index is 6.09. The molecule has 1 aliphatic heterocycles. The van der Waals surface area contributed by atoms with E-state index in [1.54, 1.807) is 7.11 Å². The highest BCUT2D eigenvalue weighted by Gasteiger charge is 2.15. The lowest BCUT2D eigenvalue weighted by molar-refractivity contribution is 0.404. The molecule has 0 radical (unpaired) electrons. The van der Waals surface area contributed by atoms with Crippen LogP contribution in [0, 0.1) is 0 Å². The van der Waals surface area contributed by atoms with E-state index >= 15 is 0 Å². The Morgan fingerprint density at radius 2 is 2.23 bits per heavy atom. The molecule has 0 amide bonds. The van der Waals surface area contributed by atoms with Crippen LogP contribution in [-0.4, -0.2) is 13.7 Å². The number of rotatable bonds is 1. The fourth-order valence-electron chi connectivity index (χ4n) is 1.73. The number of ether oxygens (including phenoxy) is 1. The van der Waals surface area contributed by atoms with Gasteiger partial charge in [-0.25, -0.2) is 0 Å². The summed E-state index contributed by atoms with van der Waals surface area (Å²) in [6.45, 7) is 1.86. The van der Waals surface area contributed by atoms with E-state index in [1.807, 2.05) is 12.1 Å². The van der Waals surface area contributed by atoms with Crippen LogP contribution in [0.1, 0.15) is 11.1 Å². The van der Waals surface area contributed by atoms with Gasteiger partial charge in [0.1, 0.15) is 5.75 Å². The first kappa shape index (κ1) is 8.85. The van der Waals surface area contributed by atoms with E-state index in [2.05, 4.69) is 5.32 Å². The number of methoxy groups -OCH3 is 1. The van der Waals surface area contributed by atoms with Crippen molar-refractivity contribution >= 4 is 11.6 Å². The smallest absolute Gasteiger partial charge is 0.123 e. The van der Waals surface area contributed by atoms with E-state index in [9.17, 15) is 0 Å². The second-order valence-electron chi connectivity index (χ2n) is 3.13. The Hall–Kier alpha value is -0.730. The SMILES string of the molecule is COc1ccc(Cl)c2c1CNCC2. The number of hydrogen-bond acceptors (Lipinski definition) is 2. The highest BCUT2D eigenvalue weighted by atomic mass is 35.5. The minimum atomic E-state index is 0.859. The summed E-state index contributed by atoms with van der Waals surface area (Å²) in [4.78, 5) is 0. The van der Waals surface area contributed by atoms with Gasteiger partial charge >= 0.3 is 0 Å². The Morgan fingerprint density at radius 1 is 1.38 bits per heavy atom. The molecule has 0 unspecified atom stereocenters. The highest BCUT2D eigenvalue weighted by Crippen LogP contribution is 2.30. The number of hydrogen-bond donors (Lipinski definition) is 1. The predicted octanol–water partition coefficient (Wildman–Crippen LogP) is 1.99. The quantitative estimate of drug-likeness (QED) is 0.744. The molecule has 0 aromatic heterocycles. The van der Waals surface area contributed by atoms with Crippen LogP contribution in [-0.2, 0) is 13.0 Å². The maximum absolute atomic E-state index is 6.09. The minimum Gasteiger partial charge on any atom is -0.496 e. The fourth-order valence-corrected chi connectivity index (χ4v) is 2.00. The van der Waals surface area contributed by atoms with Gasteiger partial charge in [-0.2, -0.15) is 0 Å². The van der Waals surface area contributed by atoms with Crippen LogP contribution in [0.15, 0.2) is 12.1 Å². The lowest BCUT2D eigenvalue weighted by Gasteiger charge is -2.20. The zero-order valence-corrected chi connectivity index (χ0v) is 8.32. The number of halogens is 1. The molecule has 0 aliphatic carbocycles. The van der Waals surface area contributed by atoms with Crippen molar-refractivity contribution in [1.29, 1.82) is 0 Å². The van der Waals surface area contributed by atoms with Gasteiger partial charge in [-0.1, -0.05) is 11.6 Å². The summed E-state index contributed by atoms with van der Waals surface area (Å²) in [6, 6.07) is 3.83. The molecule has 2 rings (SSSR count). The van der Waals surface area contributed by atoms with Crippen molar-refractivity contribution in [2.75, 3.05) is 13.7 Å². The van der Waals surface area contributed by atoms with E-state index in [0.717, 1.165) is 30.3 Å². The van der Waals surface area contributed by atoms with Crippen LogP contribution in [0.4, 0.5) is 0 Å². The van der Waals surface area contributed by atoms with Crippen LogP contribution in [0.25, 0.3) is 0 Å². The molecular formula is C10H12ClNO. The molecule has 0 spiro atoms. The molecule has 0 fully saturated rings. The van der Waals surface area contributed by atoms with Gasteiger partial charge in [0.25, 0.3) is 0 Å². The molecule has 70 valence electrons. The maximum Gasteiger partial charge on any atom is 0.123 e. The second-order valence-corrected chi connectivity index (χ2v) is 3.54. The van der Waals surface area contributed by atoms with Crippen molar-refractivity contribution in [2.45, 2.75) is 13.0 Å². The summed E-state index contributed by atoms with van der Waals surface area (Å²) >= 11 is 6.09. The van der Waals surface area contributed by atoms with Gasteiger partial charge in [0.2, 0.25) is 0 Å². The van der Waals surface area contributed by atoms with Crippen molar-refractivity contribution in [1.82, 2.24) is 5.32 Å². The number of nitrogens with one attached hydrogen (secondary N) is 1. The lowest BCUT2D eigenvalue weighted by Crippen LogP contribution is -2.24. The van der Waals surface area contributed by atoms with Crippen molar-refractivity contribution < 1.29 is 4.74 Å². The molecule has 0 atom stereocenters. The summed E-state index contributed by atoms with van der Waals surface area (Å²) in [5, 5.41) is 4.16. The highest BCUT2D eigenvalue weighted by molar-refractivity contribution is 6.31. The molecule has 1 aromatic rings. The third kappa shape index (κ3) is 1.52. The van der Waals surface area contributed by atoms with Crippen LogP contribution in [0.2, 0.25) is 5.02 Å². The number of fused-ring (bicyclic) bond motifs is 1. The van der Waals surface area contributed by atoms with Crippen LogP contribution in [0.3, 0.4) is 0 Å². The predicted molar refractivity (Wildman–Crippen MR) is 53.4 cm³/mol. The zero-order chi connectivity index (χ0) is 9.26. The van der Waals surface area contributed by atoms with Gasteiger partial charge in [-0.3, -0.25) is 0 Å². The van der Waals surface area contributed by atoms with Crippen LogP contribution < -0.4 is 10.1 Å². The van der Waals surface area contributed by atoms with Crippen LogP contribution >= 0.6 is 11.6 Å². The molecule has 0 bridgehead atoms. The Bertz CT molecular complexity index is 325. The molecule has 1 aliphatic rings. The van der Waals surface area contributed by atoms with E-state index < -0.39 is 0 Å². The second kappa shape index (κ2) is 3.56. The summed E-state index contributed by atoms with van der Waals surface area (Å²) in [6.07, 6.45) is 0.991. The van der Waals surface area contributed by atoms with Gasteiger partial charge in [0.05, 0.1) is 7.11 Å². The fraction of sp³-hybridized carbons (Fsp3) is 0.400. The van der Waals surface area contributed by atoms with E-state index in [1.165, 1.54) is 11.1 Å².